The summed E-state index contributed by atoms with van der Waals surface area (Å²) in [4.78, 5) is 0. The molecule has 21 heavy (non-hydrogen) atoms. The Hall–Kier alpha value is -0.590. The van der Waals surface area contributed by atoms with Crippen LogP contribution in [0.25, 0.3) is 0 Å². The first-order chi connectivity index (χ1) is 10.2. The van der Waals surface area contributed by atoms with Crippen LogP contribution in [0.5, 0.6) is 0 Å². The van der Waals surface area contributed by atoms with Gasteiger partial charge in [0.05, 0.1) is 24.7 Å². The number of rotatable bonds is 6. The molecule has 0 radical (unpaired) electrons. The van der Waals surface area contributed by atoms with Gasteiger partial charge in [-0.05, 0) is 38.5 Å². The van der Waals surface area contributed by atoms with E-state index in [0.717, 1.165) is 51.7 Å². The summed E-state index contributed by atoms with van der Waals surface area (Å²) in [5, 5.41) is 9.47. The van der Waals surface area contributed by atoms with Gasteiger partial charge in [-0.3, -0.25) is 0 Å². The molecular formula is C18H31NO2. The van der Waals surface area contributed by atoms with Gasteiger partial charge in [0.15, 0.2) is 6.29 Å². The van der Waals surface area contributed by atoms with Gasteiger partial charge in [0.25, 0.3) is 0 Å². The zero-order valence-electron chi connectivity index (χ0n) is 13.8. The van der Waals surface area contributed by atoms with Crippen molar-refractivity contribution >= 4 is 0 Å². The standard InChI is InChI=1S/C18H31NO2/c1-3-5-6-15-12-20-17(21-13-15)16-7-10-18(14-19,9-4-2)11-8-16/h15-17H,3-13H2,1-2H3. The predicted molar refractivity (Wildman–Crippen MR) is 83.6 cm³/mol. The monoisotopic (exact) mass is 293 g/mol. The predicted octanol–water partition coefficient (Wildman–Crippen LogP) is 4.67. The van der Waals surface area contributed by atoms with Crippen molar-refractivity contribution in [3.8, 4) is 6.07 Å². The van der Waals surface area contributed by atoms with Crippen LogP contribution in [-0.4, -0.2) is 19.5 Å². The number of ether oxygens (including phenoxy) is 2. The molecule has 120 valence electrons. The molecule has 0 unspecified atom stereocenters. The van der Waals surface area contributed by atoms with Gasteiger partial charge in [0.1, 0.15) is 0 Å². The quantitative estimate of drug-likeness (QED) is 0.715. The topological polar surface area (TPSA) is 42.2 Å². The molecule has 0 aromatic carbocycles. The summed E-state index contributed by atoms with van der Waals surface area (Å²) in [6.07, 6.45) is 10.1. The van der Waals surface area contributed by atoms with E-state index in [2.05, 4.69) is 19.9 Å². The fraction of sp³-hybridized carbons (Fsp3) is 0.944. The molecule has 2 fully saturated rings. The molecule has 1 heterocycles. The minimum atomic E-state index is -0.0659. The Morgan fingerprint density at radius 2 is 1.76 bits per heavy atom. The Labute approximate surface area is 130 Å². The van der Waals surface area contributed by atoms with Crippen LogP contribution in [0, 0.1) is 28.6 Å². The van der Waals surface area contributed by atoms with E-state index in [9.17, 15) is 5.26 Å². The van der Waals surface area contributed by atoms with E-state index in [1.165, 1.54) is 19.3 Å². The van der Waals surface area contributed by atoms with Gasteiger partial charge in [-0.1, -0.05) is 33.1 Å². The Bertz CT molecular complexity index is 334. The molecule has 1 aliphatic heterocycles. The summed E-state index contributed by atoms with van der Waals surface area (Å²) in [7, 11) is 0. The molecule has 1 saturated carbocycles. The molecule has 2 aliphatic rings. The third kappa shape index (κ3) is 4.44. The zero-order valence-corrected chi connectivity index (χ0v) is 13.8. The molecule has 0 aromatic heterocycles. The van der Waals surface area contributed by atoms with Gasteiger partial charge in [-0.25, -0.2) is 0 Å². The van der Waals surface area contributed by atoms with Gasteiger partial charge in [0, 0.05) is 11.8 Å². The Morgan fingerprint density at radius 1 is 1.10 bits per heavy atom. The molecule has 0 amide bonds. The molecule has 1 aliphatic carbocycles. The highest BCUT2D eigenvalue weighted by Crippen LogP contribution is 2.44. The lowest BCUT2D eigenvalue weighted by Crippen LogP contribution is -2.40. The number of unbranched alkanes of at least 4 members (excludes halogenated alkanes) is 1. The first-order valence-corrected chi connectivity index (χ1v) is 8.87. The summed E-state index contributed by atoms with van der Waals surface area (Å²) in [6, 6.07) is 2.59. The molecule has 1 saturated heterocycles. The first-order valence-electron chi connectivity index (χ1n) is 8.87. The van der Waals surface area contributed by atoms with E-state index in [1.807, 2.05) is 0 Å². The summed E-state index contributed by atoms with van der Waals surface area (Å²) in [5.74, 6) is 1.08. The lowest BCUT2D eigenvalue weighted by molar-refractivity contribution is -0.231. The molecule has 0 spiro atoms. The highest BCUT2D eigenvalue weighted by molar-refractivity contribution is 5.01. The molecule has 0 atom stereocenters. The first kappa shape index (κ1) is 16.8. The molecule has 0 bridgehead atoms. The number of hydrogen-bond acceptors (Lipinski definition) is 3. The average molecular weight is 293 g/mol. The maximum Gasteiger partial charge on any atom is 0.160 e. The third-order valence-electron chi connectivity index (χ3n) is 5.30. The van der Waals surface area contributed by atoms with E-state index in [1.54, 1.807) is 0 Å². The van der Waals surface area contributed by atoms with Crippen molar-refractivity contribution in [2.45, 2.75) is 77.9 Å². The summed E-state index contributed by atoms with van der Waals surface area (Å²) in [5.41, 5.74) is -0.0659. The highest BCUT2D eigenvalue weighted by atomic mass is 16.7. The van der Waals surface area contributed by atoms with Crippen LogP contribution in [0.4, 0.5) is 0 Å². The molecule has 3 heteroatoms. The second-order valence-corrected chi connectivity index (χ2v) is 7.02. The smallest absolute Gasteiger partial charge is 0.160 e. The normalized spacial score (nSPS) is 37.1. The van der Waals surface area contributed by atoms with E-state index < -0.39 is 0 Å². The third-order valence-corrected chi connectivity index (χ3v) is 5.30. The Kier molecular flexibility index (Phi) is 6.51. The van der Waals surface area contributed by atoms with E-state index in [0.29, 0.717) is 11.8 Å². The van der Waals surface area contributed by atoms with Crippen LogP contribution in [0.1, 0.15) is 71.6 Å². The highest BCUT2D eigenvalue weighted by Gasteiger charge is 2.39. The van der Waals surface area contributed by atoms with Crippen LogP contribution in [0.3, 0.4) is 0 Å². The minimum Gasteiger partial charge on any atom is -0.352 e. The molecule has 2 rings (SSSR count). The second kappa shape index (κ2) is 8.15. The largest absolute Gasteiger partial charge is 0.352 e. The lowest BCUT2D eigenvalue weighted by atomic mass is 9.69. The molecular weight excluding hydrogens is 262 g/mol. The zero-order chi connectivity index (χ0) is 15.1. The van der Waals surface area contributed by atoms with Crippen molar-refractivity contribution < 1.29 is 9.47 Å². The van der Waals surface area contributed by atoms with Crippen molar-refractivity contribution in [2.24, 2.45) is 17.3 Å². The molecule has 3 nitrogen and oxygen atoms in total. The van der Waals surface area contributed by atoms with Crippen molar-refractivity contribution in [1.82, 2.24) is 0 Å². The van der Waals surface area contributed by atoms with Crippen LogP contribution >= 0.6 is 0 Å². The molecule has 0 aromatic rings. The molecule has 0 N–H and O–H groups in total. The van der Waals surface area contributed by atoms with Gasteiger partial charge in [0.2, 0.25) is 0 Å². The van der Waals surface area contributed by atoms with Crippen molar-refractivity contribution in [1.29, 1.82) is 5.26 Å². The van der Waals surface area contributed by atoms with Gasteiger partial charge >= 0.3 is 0 Å². The van der Waals surface area contributed by atoms with Crippen LogP contribution in [-0.2, 0) is 9.47 Å². The van der Waals surface area contributed by atoms with E-state index >= 15 is 0 Å². The fourth-order valence-corrected chi connectivity index (χ4v) is 3.85. The lowest BCUT2D eigenvalue weighted by Gasteiger charge is -2.40. The number of nitrogens with zero attached hydrogens (tertiary/aromatic N) is 1. The van der Waals surface area contributed by atoms with Gasteiger partial charge in [-0.15, -0.1) is 0 Å². The van der Waals surface area contributed by atoms with Crippen molar-refractivity contribution in [3.05, 3.63) is 0 Å². The number of nitriles is 1. The van der Waals surface area contributed by atoms with Crippen LogP contribution in [0.2, 0.25) is 0 Å². The van der Waals surface area contributed by atoms with E-state index in [4.69, 9.17) is 9.47 Å². The van der Waals surface area contributed by atoms with Crippen molar-refractivity contribution in [2.75, 3.05) is 13.2 Å². The summed E-state index contributed by atoms with van der Waals surface area (Å²) in [6.45, 7) is 6.13. The minimum absolute atomic E-state index is 0.0128. The fourth-order valence-electron chi connectivity index (χ4n) is 3.85. The maximum absolute atomic E-state index is 9.47. The number of hydrogen-bond donors (Lipinski definition) is 0. The maximum atomic E-state index is 9.47. The van der Waals surface area contributed by atoms with Crippen LogP contribution in [0.15, 0.2) is 0 Å². The summed E-state index contributed by atoms with van der Waals surface area (Å²) >= 11 is 0. The van der Waals surface area contributed by atoms with E-state index in [-0.39, 0.29) is 11.7 Å². The Balaban J connectivity index is 1.75. The van der Waals surface area contributed by atoms with Gasteiger partial charge < -0.3 is 9.47 Å². The summed E-state index contributed by atoms with van der Waals surface area (Å²) < 4.78 is 12.0. The second-order valence-electron chi connectivity index (χ2n) is 7.02. The van der Waals surface area contributed by atoms with Gasteiger partial charge in [-0.2, -0.15) is 5.26 Å². The SMILES string of the molecule is CCCCC1COC(C2CCC(C#N)(CCC)CC2)OC1. The average Bonchev–Trinajstić information content (AvgIpc) is 2.54. The Morgan fingerprint density at radius 3 is 2.29 bits per heavy atom. The van der Waals surface area contributed by atoms with Crippen molar-refractivity contribution in [3.63, 3.8) is 0 Å². The van der Waals surface area contributed by atoms with Crippen LogP contribution < -0.4 is 0 Å².